The molecule has 0 saturated heterocycles. The van der Waals surface area contributed by atoms with E-state index in [1.165, 1.54) is 204 Å². The third kappa shape index (κ3) is 33.2. The van der Waals surface area contributed by atoms with E-state index in [1.807, 2.05) is 0 Å². The van der Waals surface area contributed by atoms with Crippen molar-refractivity contribution in [2.75, 3.05) is 26.4 Å². The van der Waals surface area contributed by atoms with E-state index in [0.717, 1.165) is 32.5 Å². The Morgan fingerprint density at radius 1 is 0.537 bits per heavy atom. The summed E-state index contributed by atoms with van der Waals surface area (Å²) in [6.07, 6.45) is 41.0. The van der Waals surface area contributed by atoms with Gasteiger partial charge in [-0.2, -0.15) is 0 Å². The number of hydrogen-bond acceptors (Lipinski definition) is 7. The summed E-state index contributed by atoms with van der Waals surface area (Å²) in [7, 11) is 0. The lowest BCUT2D eigenvalue weighted by molar-refractivity contribution is -0.384. The molecule has 0 spiro atoms. The van der Waals surface area contributed by atoms with Gasteiger partial charge in [-0.3, -0.25) is 10.1 Å². The normalized spacial score (nSPS) is 11.9. The minimum absolute atomic E-state index is 0.0256. The Morgan fingerprint density at radius 3 is 1.33 bits per heavy atom. The van der Waals surface area contributed by atoms with Crippen LogP contribution in [-0.2, 0) is 14.2 Å². The van der Waals surface area contributed by atoms with Crippen LogP contribution in [0.4, 0.5) is 10.5 Å². The number of nitro groups is 1. The quantitative estimate of drug-likeness (QED) is 0.0215. The molecule has 1 rings (SSSR count). The summed E-state index contributed by atoms with van der Waals surface area (Å²) in [5.74, 6) is 0.211. The van der Waals surface area contributed by atoms with Crippen LogP contribution in [0.15, 0.2) is 24.3 Å². The fraction of sp³-hybridized carbons (Fsp3) is 0.848. The molecule has 8 heteroatoms. The average molecular weight is 762 g/mol. The van der Waals surface area contributed by atoms with E-state index in [2.05, 4.69) is 13.8 Å². The Bertz CT molecular complexity index is 957. The molecule has 0 N–H and O–H groups in total. The van der Waals surface area contributed by atoms with Gasteiger partial charge in [0.05, 0.1) is 24.2 Å². The lowest BCUT2D eigenvalue weighted by Gasteiger charge is -2.18. The Labute approximate surface area is 331 Å². The molecule has 0 radical (unpaired) electrons. The summed E-state index contributed by atoms with van der Waals surface area (Å²) in [5, 5.41) is 10.8. The molecule has 0 unspecified atom stereocenters. The van der Waals surface area contributed by atoms with Crippen molar-refractivity contribution in [3.63, 3.8) is 0 Å². The molecule has 1 aromatic rings. The Morgan fingerprint density at radius 2 is 0.926 bits per heavy atom. The van der Waals surface area contributed by atoms with Crippen molar-refractivity contribution in [2.45, 2.75) is 225 Å². The lowest BCUT2D eigenvalue weighted by Crippen LogP contribution is -2.22. The maximum atomic E-state index is 12.1. The minimum atomic E-state index is -0.816. The van der Waals surface area contributed by atoms with Crippen molar-refractivity contribution in [2.24, 2.45) is 0 Å². The first kappa shape index (κ1) is 49.8. The molecular weight excluding hydrogens is 679 g/mol. The smallest absolute Gasteiger partial charge is 0.434 e. The number of ether oxygens (including phenoxy) is 4. The molecule has 0 aliphatic carbocycles. The standard InChI is InChI=1S/C46H83NO7/c1-3-5-7-9-11-13-15-17-19-20-21-23-25-27-29-31-39-51-42-45(34-33-41-53-46(48)54-44-37-35-43(36-38-44)47(49)50)52-40-32-30-28-26-24-22-18-16-14-12-10-8-6-4-2/h35-38,45H,3-34,39-42H2,1-2H3/t45-/m0/s1. The first-order chi connectivity index (χ1) is 26.6. The second-order valence-corrected chi connectivity index (χ2v) is 15.6. The summed E-state index contributed by atoms with van der Waals surface area (Å²) in [4.78, 5) is 22.5. The lowest BCUT2D eigenvalue weighted by atomic mass is 10.0. The van der Waals surface area contributed by atoms with Gasteiger partial charge in [-0.15, -0.1) is 0 Å². The maximum Gasteiger partial charge on any atom is 0.513 e. The molecule has 0 saturated carbocycles. The van der Waals surface area contributed by atoms with Gasteiger partial charge in [-0.05, 0) is 37.8 Å². The van der Waals surface area contributed by atoms with Crippen LogP contribution in [0.25, 0.3) is 0 Å². The van der Waals surface area contributed by atoms with Gasteiger partial charge in [-0.1, -0.05) is 194 Å². The fourth-order valence-corrected chi connectivity index (χ4v) is 6.96. The van der Waals surface area contributed by atoms with Gasteiger partial charge in [0.1, 0.15) is 5.75 Å². The van der Waals surface area contributed by atoms with Crippen LogP contribution in [-0.4, -0.2) is 43.6 Å². The molecule has 0 aliphatic heterocycles. The van der Waals surface area contributed by atoms with E-state index in [0.29, 0.717) is 13.0 Å². The predicted molar refractivity (Wildman–Crippen MR) is 225 cm³/mol. The van der Waals surface area contributed by atoms with E-state index in [9.17, 15) is 14.9 Å². The largest absolute Gasteiger partial charge is 0.513 e. The van der Waals surface area contributed by atoms with Gasteiger partial charge in [-0.25, -0.2) is 4.79 Å². The molecule has 314 valence electrons. The first-order valence-electron chi connectivity index (χ1n) is 22.8. The van der Waals surface area contributed by atoms with Crippen molar-refractivity contribution >= 4 is 11.8 Å². The number of nitrogens with zero attached hydrogens (tertiary/aromatic N) is 1. The molecule has 0 heterocycles. The summed E-state index contributed by atoms with van der Waals surface area (Å²) in [6, 6.07) is 5.36. The highest BCUT2D eigenvalue weighted by molar-refractivity contribution is 5.63. The second-order valence-electron chi connectivity index (χ2n) is 15.6. The van der Waals surface area contributed by atoms with Crippen molar-refractivity contribution in [3.8, 4) is 5.75 Å². The van der Waals surface area contributed by atoms with E-state index in [4.69, 9.17) is 18.9 Å². The Balaban J connectivity index is 2.17. The van der Waals surface area contributed by atoms with Gasteiger partial charge in [0.15, 0.2) is 0 Å². The third-order valence-corrected chi connectivity index (χ3v) is 10.4. The summed E-state index contributed by atoms with van der Waals surface area (Å²) in [5.41, 5.74) is -0.0622. The first-order valence-corrected chi connectivity index (χ1v) is 22.8. The van der Waals surface area contributed by atoms with E-state index in [1.54, 1.807) is 0 Å². The molecule has 54 heavy (non-hydrogen) atoms. The maximum absolute atomic E-state index is 12.1. The van der Waals surface area contributed by atoms with Crippen molar-refractivity contribution in [1.29, 1.82) is 0 Å². The van der Waals surface area contributed by atoms with E-state index >= 15 is 0 Å². The summed E-state index contributed by atoms with van der Waals surface area (Å²) >= 11 is 0. The summed E-state index contributed by atoms with van der Waals surface area (Å²) in [6.45, 7) is 6.82. The highest BCUT2D eigenvalue weighted by Crippen LogP contribution is 2.19. The molecule has 0 aliphatic rings. The number of hydrogen-bond donors (Lipinski definition) is 0. The van der Waals surface area contributed by atoms with Gasteiger partial charge in [0.25, 0.3) is 5.69 Å². The predicted octanol–water partition coefficient (Wildman–Crippen LogP) is 15.0. The van der Waals surface area contributed by atoms with Crippen LogP contribution < -0.4 is 4.74 Å². The van der Waals surface area contributed by atoms with Crippen molar-refractivity contribution < 1.29 is 28.7 Å². The van der Waals surface area contributed by atoms with Crippen LogP contribution in [0.1, 0.15) is 219 Å². The minimum Gasteiger partial charge on any atom is -0.434 e. The van der Waals surface area contributed by atoms with Gasteiger partial charge >= 0.3 is 6.16 Å². The van der Waals surface area contributed by atoms with Crippen molar-refractivity contribution in [3.05, 3.63) is 34.4 Å². The number of nitro benzene ring substituents is 1. The number of benzene rings is 1. The SMILES string of the molecule is CCCCCCCCCCCCCCCCCCOC[C@H](CCCOC(=O)Oc1ccc([N+](=O)[O-])cc1)OCCCCCCCCCCCCCCCC. The zero-order valence-electron chi connectivity index (χ0n) is 35.1. The molecule has 0 fully saturated rings. The molecule has 0 aromatic heterocycles. The van der Waals surface area contributed by atoms with Gasteiger partial charge in [0, 0.05) is 25.3 Å². The average Bonchev–Trinajstić information content (AvgIpc) is 3.17. The third-order valence-electron chi connectivity index (χ3n) is 10.4. The van der Waals surface area contributed by atoms with E-state index < -0.39 is 11.1 Å². The number of unbranched alkanes of at least 4 members (excludes halogenated alkanes) is 28. The van der Waals surface area contributed by atoms with Crippen LogP contribution in [0.5, 0.6) is 5.75 Å². The Kier molecular flexibility index (Phi) is 36.0. The molecule has 1 aromatic carbocycles. The van der Waals surface area contributed by atoms with Crippen LogP contribution >= 0.6 is 0 Å². The number of carbonyl (C=O) groups excluding carboxylic acids is 1. The molecule has 0 amide bonds. The highest BCUT2D eigenvalue weighted by atomic mass is 16.7. The monoisotopic (exact) mass is 762 g/mol. The number of rotatable bonds is 41. The molecular formula is C46H83NO7. The number of non-ortho nitro benzene ring substituents is 1. The van der Waals surface area contributed by atoms with E-state index in [-0.39, 0.29) is 24.1 Å². The van der Waals surface area contributed by atoms with Crippen molar-refractivity contribution in [1.82, 2.24) is 0 Å². The molecule has 8 nitrogen and oxygen atoms in total. The van der Waals surface area contributed by atoms with Crippen LogP contribution in [0.3, 0.4) is 0 Å². The molecule has 0 bridgehead atoms. The summed E-state index contributed by atoms with van der Waals surface area (Å²) < 4.78 is 22.7. The van der Waals surface area contributed by atoms with Gasteiger partial charge < -0.3 is 18.9 Å². The molecule has 1 atom stereocenters. The highest BCUT2D eigenvalue weighted by Gasteiger charge is 2.13. The van der Waals surface area contributed by atoms with Crippen LogP contribution in [0, 0.1) is 10.1 Å². The fourth-order valence-electron chi connectivity index (χ4n) is 6.96. The van der Waals surface area contributed by atoms with Crippen LogP contribution in [0.2, 0.25) is 0 Å². The zero-order chi connectivity index (χ0) is 39.0. The zero-order valence-corrected chi connectivity index (χ0v) is 35.1. The number of carbonyl (C=O) groups is 1. The Hall–Kier alpha value is -2.19. The topological polar surface area (TPSA) is 97.1 Å². The second kappa shape index (κ2) is 39.1. The van der Waals surface area contributed by atoms with Gasteiger partial charge in [0.2, 0.25) is 0 Å².